The fraction of sp³-hybridized carbons (Fsp3) is 0.357. The van der Waals surface area contributed by atoms with E-state index >= 15 is 4.79 Å². The SMILES string of the molecule is COCCOc1cc(N2CC(C)n3c(c(CCCOc4cc(C)c(Cl)c(C)c4)c4ccc(Cl)c(-c5c(C)nn(C)c5C)c43)C2=O)c2c(c1)c(C(=O)O)cn2C. The number of benzene rings is 3. The molecule has 4 heterocycles. The smallest absolute Gasteiger partial charge is 0.337 e. The highest BCUT2D eigenvalue weighted by Gasteiger charge is 2.38. The Hall–Kier alpha value is -4.97. The van der Waals surface area contributed by atoms with E-state index in [1.807, 2.05) is 69.8 Å². The van der Waals surface area contributed by atoms with Crippen molar-refractivity contribution in [2.24, 2.45) is 14.1 Å². The molecule has 7 rings (SSSR count). The molecule has 0 bridgehead atoms. The first kappa shape index (κ1) is 38.3. The minimum Gasteiger partial charge on any atom is -0.494 e. The van der Waals surface area contributed by atoms with Gasteiger partial charge in [-0.3, -0.25) is 9.48 Å². The summed E-state index contributed by atoms with van der Waals surface area (Å²) in [5.41, 5.74) is 9.13. The van der Waals surface area contributed by atoms with Gasteiger partial charge in [0.1, 0.15) is 23.8 Å². The number of aryl methyl sites for hydroxylation is 6. The molecule has 11 nitrogen and oxygen atoms in total. The summed E-state index contributed by atoms with van der Waals surface area (Å²) in [6, 6.07) is 11.1. The molecule has 1 aliphatic rings. The molecule has 3 aromatic heterocycles. The van der Waals surface area contributed by atoms with Crippen molar-refractivity contribution in [2.75, 3.05) is 38.4 Å². The highest BCUT2D eigenvalue weighted by molar-refractivity contribution is 6.35. The second-order valence-corrected chi connectivity index (χ2v) is 15.2. The van der Waals surface area contributed by atoms with E-state index in [9.17, 15) is 9.90 Å². The van der Waals surface area contributed by atoms with Crippen molar-refractivity contribution >= 4 is 62.6 Å². The summed E-state index contributed by atoms with van der Waals surface area (Å²) < 4.78 is 23.2. The Balaban J connectivity index is 1.39. The largest absolute Gasteiger partial charge is 0.494 e. The summed E-state index contributed by atoms with van der Waals surface area (Å²) >= 11 is 13.5. The van der Waals surface area contributed by atoms with Crippen LogP contribution in [0, 0.1) is 27.7 Å². The molecule has 1 unspecified atom stereocenters. The van der Waals surface area contributed by atoms with Crippen LogP contribution in [0.1, 0.15) is 68.3 Å². The number of amides is 1. The fourth-order valence-electron chi connectivity index (χ4n) is 8.14. The third-order valence-corrected chi connectivity index (χ3v) is 11.6. The van der Waals surface area contributed by atoms with Crippen LogP contribution in [0.3, 0.4) is 0 Å². The third kappa shape index (κ3) is 6.62. The summed E-state index contributed by atoms with van der Waals surface area (Å²) in [7, 11) is 5.30. The van der Waals surface area contributed by atoms with Crippen molar-refractivity contribution in [3.8, 4) is 22.6 Å². The van der Waals surface area contributed by atoms with Gasteiger partial charge in [-0.05, 0) is 88.4 Å². The zero-order chi connectivity index (χ0) is 39.5. The number of carbonyl (C=O) groups is 2. The van der Waals surface area contributed by atoms with E-state index in [0.717, 1.165) is 60.9 Å². The lowest BCUT2D eigenvalue weighted by Crippen LogP contribution is -2.43. The number of methoxy groups -OCH3 is 1. The molecular weight excluding hydrogens is 741 g/mol. The Bertz CT molecular complexity index is 2490. The number of fused-ring (bicyclic) bond motifs is 4. The van der Waals surface area contributed by atoms with Gasteiger partial charge in [0.15, 0.2) is 0 Å². The van der Waals surface area contributed by atoms with Crippen LogP contribution in [-0.4, -0.2) is 69.4 Å². The predicted molar refractivity (Wildman–Crippen MR) is 217 cm³/mol. The zero-order valence-electron chi connectivity index (χ0n) is 32.3. The zero-order valence-corrected chi connectivity index (χ0v) is 33.9. The maximum absolute atomic E-state index is 15.3. The molecule has 288 valence electrons. The number of carboxylic acid groups (broad SMARTS) is 1. The lowest BCUT2D eigenvalue weighted by molar-refractivity contribution is 0.0698. The van der Waals surface area contributed by atoms with Gasteiger partial charge in [-0.2, -0.15) is 5.10 Å². The normalized spacial score (nSPS) is 14.3. The summed E-state index contributed by atoms with van der Waals surface area (Å²) in [6.45, 7) is 11.4. The van der Waals surface area contributed by atoms with E-state index in [-0.39, 0.29) is 24.1 Å². The Morgan fingerprint density at radius 2 is 1.62 bits per heavy atom. The molecule has 0 fully saturated rings. The summed E-state index contributed by atoms with van der Waals surface area (Å²) in [5, 5.41) is 17.6. The average Bonchev–Trinajstić information content (AvgIpc) is 3.74. The fourth-order valence-corrected chi connectivity index (χ4v) is 8.49. The van der Waals surface area contributed by atoms with E-state index in [1.165, 1.54) is 0 Å². The molecular formula is C42H45Cl2N5O6. The number of aromatic nitrogens is 4. The van der Waals surface area contributed by atoms with E-state index in [1.54, 1.807) is 35.9 Å². The lowest BCUT2D eigenvalue weighted by atomic mass is 9.98. The second kappa shape index (κ2) is 14.9. The van der Waals surface area contributed by atoms with Gasteiger partial charge in [0.2, 0.25) is 0 Å². The van der Waals surface area contributed by atoms with Crippen LogP contribution in [0.15, 0.2) is 42.6 Å². The minimum atomic E-state index is -1.07. The number of anilines is 1. The van der Waals surface area contributed by atoms with Gasteiger partial charge < -0.3 is 33.4 Å². The van der Waals surface area contributed by atoms with Crippen LogP contribution in [-0.2, 0) is 25.3 Å². The van der Waals surface area contributed by atoms with Crippen molar-refractivity contribution < 1.29 is 28.9 Å². The molecule has 1 atom stereocenters. The van der Waals surface area contributed by atoms with Gasteiger partial charge in [0, 0.05) is 78.7 Å². The lowest BCUT2D eigenvalue weighted by Gasteiger charge is -2.35. The van der Waals surface area contributed by atoms with Gasteiger partial charge >= 0.3 is 5.97 Å². The number of aromatic carboxylic acids is 1. The minimum absolute atomic E-state index is 0.121. The van der Waals surface area contributed by atoms with Gasteiger partial charge in [-0.1, -0.05) is 29.3 Å². The number of hydrogen-bond acceptors (Lipinski definition) is 6. The van der Waals surface area contributed by atoms with Gasteiger partial charge in [-0.15, -0.1) is 0 Å². The van der Waals surface area contributed by atoms with Crippen molar-refractivity contribution in [3.05, 3.63) is 92.0 Å². The molecule has 1 amide bonds. The number of nitrogens with zero attached hydrogens (tertiary/aromatic N) is 5. The van der Waals surface area contributed by atoms with Crippen molar-refractivity contribution in [1.29, 1.82) is 0 Å². The molecule has 13 heteroatoms. The second-order valence-electron chi connectivity index (χ2n) is 14.4. The topological polar surface area (TPSA) is 113 Å². The van der Waals surface area contributed by atoms with Crippen LogP contribution in [0.5, 0.6) is 11.5 Å². The summed E-state index contributed by atoms with van der Waals surface area (Å²) in [6.07, 6.45) is 2.75. The van der Waals surface area contributed by atoms with Crippen LogP contribution in [0.2, 0.25) is 10.0 Å². The first-order valence-corrected chi connectivity index (χ1v) is 19.0. The van der Waals surface area contributed by atoms with Crippen LogP contribution < -0.4 is 14.4 Å². The quantitative estimate of drug-likeness (QED) is 0.123. The van der Waals surface area contributed by atoms with Gasteiger partial charge in [-0.25, -0.2) is 4.79 Å². The Labute approximate surface area is 329 Å². The third-order valence-electron chi connectivity index (χ3n) is 10.7. The van der Waals surface area contributed by atoms with Crippen molar-refractivity contribution in [3.63, 3.8) is 0 Å². The number of carboxylic acids is 1. The maximum Gasteiger partial charge on any atom is 0.337 e. The Morgan fingerprint density at radius 3 is 2.27 bits per heavy atom. The highest BCUT2D eigenvalue weighted by Crippen LogP contribution is 2.46. The Kier molecular flexibility index (Phi) is 10.4. The van der Waals surface area contributed by atoms with Crippen molar-refractivity contribution in [2.45, 2.75) is 53.5 Å². The van der Waals surface area contributed by atoms with Crippen LogP contribution in [0.4, 0.5) is 5.69 Å². The van der Waals surface area contributed by atoms with Crippen LogP contribution >= 0.6 is 23.2 Å². The van der Waals surface area contributed by atoms with Gasteiger partial charge in [0.25, 0.3) is 5.91 Å². The first-order valence-electron chi connectivity index (χ1n) is 18.3. The molecule has 6 aromatic rings. The average molecular weight is 787 g/mol. The van der Waals surface area contributed by atoms with Crippen LogP contribution in [0.25, 0.3) is 32.9 Å². The molecule has 1 N–H and O–H groups in total. The number of rotatable bonds is 12. The molecule has 1 aliphatic heterocycles. The summed E-state index contributed by atoms with van der Waals surface area (Å²) in [4.78, 5) is 29.4. The van der Waals surface area contributed by atoms with E-state index in [0.29, 0.717) is 65.7 Å². The molecule has 0 aliphatic carbocycles. The summed E-state index contributed by atoms with van der Waals surface area (Å²) in [5.74, 6) is -0.0795. The number of halogens is 2. The molecule has 0 saturated carbocycles. The number of carbonyl (C=O) groups excluding carboxylic acids is 1. The predicted octanol–water partition coefficient (Wildman–Crippen LogP) is 9.03. The van der Waals surface area contributed by atoms with Gasteiger partial charge in [0.05, 0.1) is 46.2 Å². The molecule has 55 heavy (non-hydrogen) atoms. The number of hydrogen-bond donors (Lipinski definition) is 1. The molecule has 3 aromatic carbocycles. The number of ether oxygens (including phenoxy) is 3. The standard InChI is InChI=1S/C42H45Cl2N5O6/c1-22-16-27(17-23(2)37(22)44)54-13-9-10-29-30-11-12-33(43)36(35-25(4)45-47(7)26(35)5)39(30)49-24(3)20-48(41(50)40(29)49)34-19-28(55-15-14-53-8)18-31-32(42(51)52)21-46(6)38(31)34/h11-12,16-19,21,24H,9-10,13-15,20H2,1-8H3,(H,51,52). The van der Waals surface area contributed by atoms with Crippen molar-refractivity contribution in [1.82, 2.24) is 18.9 Å². The van der Waals surface area contributed by atoms with E-state index < -0.39 is 5.97 Å². The molecule has 0 radical (unpaired) electrons. The molecule has 0 saturated heterocycles. The maximum atomic E-state index is 15.3. The van der Waals surface area contributed by atoms with E-state index in [4.69, 9.17) is 42.5 Å². The molecule has 0 spiro atoms. The first-order chi connectivity index (χ1) is 26.2. The Morgan fingerprint density at radius 1 is 0.927 bits per heavy atom. The highest BCUT2D eigenvalue weighted by atomic mass is 35.5. The monoisotopic (exact) mass is 785 g/mol. The van der Waals surface area contributed by atoms with E-state index in [2.05, 4.69) is 11.5 Å².